The van der Waals surface area contributed by atoms with Crippen LogP contribution in [0.4, 0.5) is 5.69 Å². The fourth-order valence-electron chi connectivity index (χ4n) is 3.80. The van der Waals surface area contributed by atoms with Crippen molar-refractivity contribution in [1.29, 1.82) is 0 Å². The molecule has 2 aromatic carbocycles. The monoisotopic (exact) mass is 554 g/mol. The van der Waals surface area contributed by atoms with Crippen molar-refractivity contribution >= 4 is 38.7 Å². The zero-order valence-corrected chi connectivity index (χ0v) is 23.3. The van der Waals surface area contributed by atoms with E-state index in [2.05, 4.69) is 20.5 Å². The average molecular weight is 555 g/mol. The molecule has 0 saturated carbocycles. The molecule has 0 atom stereocenters. The minimum Gasteiger partial charge on any atom is -0.494 e. The van der Waals surface area contributed by atoms with Crippen LogP contribution < -0.4 is 15.4 Å². The van der Waals surface area contributed by atoms with Crippen LogP contribution in [0.15, 0.2) is 64.0 Å². The largest absolute Gasteiger partial charge is 0.494 e. The summed E-state index contributed by atoms with van der Waals surface area (Å²) >= 11 is 1.47. The van der Waals surface area contributed by atoms with Gasteiger partial charge >= 0.3 is 0 Å². The number of allylic oxidation sites excluding steroid dienone is 1. The Morgan fingerprint density at radius 1 is 1.13 bits per heavy atom. The Hall–Kier alpha value is -3.54. The first kappa shape index (κ1) is 27.5. The van der Waals surface area contributed by atoms with Gasteiger partial charge in [0, 0.05) is 34.3 Å². The number of carbonyl (C=O) groups excluding carboxylic acids is 2. The predicted molar refractivity (Wildman–Crippen MR) is 148 cm³/mol. The lowest BCUT2D eigenvalue weighted by molar-refractivity contribution is -0.112. The molecule has 0 saturated heterocycles. The maximum Gasteiger partial charge on any atom is 0.252 e. The molecule has 0 unspecified atom stereocenters. The predicted octanol–water partition coefficient (Wildman–Crippen LogP) is 4.09. The molecule has 1 aromatic heterocycles. The number of amides is 2. The second-order valence-corrected chi connectivity index (χ2v) is 12.4. The number of fused-ring (bicyclic) bond motifs is 1. The van der Waals surface area contributed by atoms with Gasteiger partial charge in [0.15, 0.2) is 0 Å². The summed E-state index contributed by atoms with van der Waals surface area (Å²) in [5.74, 6) is -0.0956. The van der Waals surface area contributed by atoms with E-state index in [0.29, 0.717) is 6.61 Å². The molecular formula is C27H30N4O5S2. The van der Waals surface area contributed by atoms with E-state index in [1.807, 2.05) is 38.4 Å². The second kappa shape index (κ2) is 11.5. The smallest absolute Gasteiger partial charge is 0.252 e. The molecule has 2 N–H and O–H groups in total. The minimum atomic E-state index is -3.82. The Morgan fingerprint density at radius 3 is 2.58 bits per heavy atom. The average Bonchev–Trinajstić information content (AvgIpc) is 3.36. The molecule has 38 heavy (non-hydrogen) atoms. The molecule has 0 spiro atoms. The molecule has 2 heterocycles. The zero-order chi connectivity index (χ0) is 27.4. The normalized spacial score (nSPS) is 14.6. The summed E-state index contributed by atoms with van der Waals surface area (Å²) < 4.78 is 31.4. The van der Waals surface area contributed by atoms with E-state index in [0.717, 1.165) is 34.2 Å². The van der Waals surface area contributed by atoms with Crippen molar-refractivity contribution in [2.45, 2.75) is 31.7 Å². The number of nitrogens with one attached hydrogen (secondary N) is 2. The second-order valence-electron chi connectivity index (χ2n) is 9.19. The summed E-state index contributed by atoms with van der Waals surface area (Å²) in [6, 6.07) is 11.9. The maximum absolute atomic E-state index is 12.8. The van der Waals surface area contributed by atoms with E-state index in [-0.39, 0.29) is 33.2 Å². The summed E-state index contributed by atoms with van der Waals surface area (Å²) in [6.45, 7) is 4.74. The number of thiazole rings is 1. The van der Waals surface area contributed by atoms with Gasteiger partial charge in [0.2, 0.25) is 9.84 Å². The number of benzene rings is 2. The molecular weight excluding hydrogens is 524 g/mol. The van der Waals surface area contributed by atoms with Crippen molar-refractivity contribution in [3.05, 3.63) is 69.6 Å². The molecule has 1 aliphatic rings. The zero-order valence-electron chi connectivity index (χ0n) is 21.7. The van der Waals surface area contributed by atoms with Gasteiger partial charge in [0.25, 0.3) is 11.8 Å². The third-order valence-electron chi connectivity index (χ3n) is 6.15. The maximum atomic E-state index is 12.8. The van der Waals surface area contributed by atoms with Crippen LogP contribution in [0.5, 0.6) is 5.75 Å². The van der Waals surface area contributed by atoms with E-state index in [1.165, 1.54) is 43.4 Å². The first-order valence-electron chi connectivity index (χ1n) is 12.0. The molecule has 0 aliphatic carbocycles. The van der Waals surface area contributed by atoms with Gasteiger partial charge in [-0.3, -0.25) is 9.59 Å². The first-order chi connectivity index (χ1) is 18.1. The summed E-state index contributed by atoms with van der Waals surface area (Å²) in [5, 5.41) is 6.25. The standard InChI is InChI=1S/C27H30N4O5S2/c1-17-18(2)38(34,35)24-11-8-20(14-23(24)30-25(17)32)26(33)28-15-22-16-29-27(37-22)19-6-9-21(10-7-19)36-13-5-12-31(3)4/h6-11,14,16H,5,12-13,15H2,1-4H3,(H,28,33)(H,30,32). The van der Waals surface area contributed by atoms with Crippen molar-refractivity contribution in [1.82, 2.24) is 15.2 Å². The number of anilines is 1. The molecule has 4 rings (SSSR count). The Kier molecular flexibility index (Phi) is 8.29. The molecule has 3 aromatic rings. The number of ether oxygens (including phenoxy) is 1. The van der Waals surface area contributed by atoms with E-state index in [9.17, 15) is 18.0 Å². The number of rotatable bonds is 9. The Balaban J connectivity index is 1.38. The van der Waals surface area contributed by atoms with Crippen LogP contribution in [0.1, 0.15) is 35.5 Å². The van der Waals surface area contributed by atoms with Crippen molar-refractivity contribution in [3.8, 4) is 16.3 Å². The van der Waals surface area contributed by atoms with Crippen LogP contribution in [0.25, 0.3) is 10.6 Å². The van der Waals surface area contributed by atoms with Gasteiger partial charge in [-0.1, -0.05) is 0 Å². The molecule has 0 radical (unpaired) electrons. The van der Waals surface area contributed by atoms with Crippen LogP contribution in [0.3, 0.4) is 0 Å². The Labute approximate surface area is 226 Å². The van der Waals surface area contributed by atoms with Crippen LogP contribution in [0.2, 0.25) is 0 Å². The van der Waals surface area contributed by atoms with Gasteiger partial charge in [-0.05, 0) is 76.8 Å². The highest BCUT2D eigenvalue weighted by Crippen LogP contribution is 2.33. The fraction of sp³-hybridized carbons (Fsp3) is 0.296. The SMILES string of the molecule is CC1=C(C)S(=O)(=O)c2ccc(C(=O)NCc3cnc(-c4ccc(OCCCN(C)C)cc4)s3)cc2NC1=O. The number of hydrogen-bond acceptors (Lipinski definition) is 8. The third-order valence-corrected chi connectivity index (χ3v) is 9.24. The van der Waals surface area contributed by atoms with E-state index in [4.69, 9.17) is 4.74 Å². The van der Waals surface area contributed by atoms with Crippen molar-refractivity contribution in [3.63, 3.8) is 0 Å². The van der Waals surface area contributed by atoms with Gasteiger partial charge in [-0.2, -0.15) is 0 Å². The van der Waals surface area contributed by atoms with Gasteiger partial charge in [-0.15, -0.1) is 11.3 Å². The quantitative estimate of drug-likeness (QED) is 0.383. The van der Waals surface area contributed by atoms with Crippen LogP contribution >= 0.6 is 11.3 Å². The lowest BCUT2D eigenvalue weighted by Gasteiger charge is -2.10. The lowest BCUT2D eigenvalue weighted by Crippen LogP contribution is -2.22. The Bertz CT molecular complexity index is 1490. The molecule has 1 aliphatic heterocycles. The summed E-state index contributed by atoms with van der Waals surface area (Å²) in [6.07, 6.45) is 2.67. The van der Waals surface area contributed by atoms with E-state index >= 15 is 0 Å². The molecule has 0 bridgehead atoms. The summed E-state index contributed by atoms with van der Waals surface area (Å²) in [5.41, 5.74) is 1.40. The summed E-state index contributed by atoms with van der Waals surface area (Å²) in [4.78, 5) is 32.6. The molecule has 2 amide bonds. The number of aromatic nitrogens is 1. The van der Waals surface area contributed by atoms with Crippen molar-refractivity contribution in [2.75, 3.05) is 32.6 Å². The van der Waals surface area contributed by atoms with Crippen LogP contribution in [-0.2, 0) is 21.2 Å². The topological polar surface area (TPSA) is 118 Å². The number of sulfone groups is 1. The fourth-order valence-corrected chi connectivity index (χ4v) is 6.13. The van der Waals surface area contributed by atoms with E-state index < -0.39 is 21.7 Å². The van der Waals surface area contributed by atoms with Crippen molar-refractivity contribution < 1.29 is 22.7 Å². The Morgan fingerprint density at radius 2 is 1.87 bits per heavy atom. The van der Waals surface area contributed by atoms with Gasteiger partial charge in [-0.25, -0.2) is 13.4 Å². The molecule has 11 heteroatoms. The van der Waals surface area contributed by atoms with Crippen LogP contribution in [0, 0.1) is 0 Å². The third kappa shape index (κ3) is 6.12. The first-order valence-corrected chi connectivity index (χ1v) is 14.3. The molecule has 0 fully saturated rings. The summed E-state index contributed by atoms with van der Waals surface area (Å²) in [7, 11) is 0.243. The minimum absolute atomic E-state index is 0.00544. The van der Waals surface area contributed by atoms with Crippen LogP contribution in [-0.4, -0.2) is 57.4 Å². The molecule has 9 nitrogen and oxygen atoms in total. The highest BCUT2D eigenvalue weighted by Gasteiger charge is 2.29. The number of nitrogens with zero attached hydrogens (tertiary/aromatic N) is 2. The highest BCUT2D eigenvalue weighted by atomic mass is 32.2. The lowest BCUT2D eigenvalue weighted by atomic mass is 10.1. The van der Waals surface area contributed by atoms with Crippen molar-refractivity contribution in [2.24, 2.45) is 0 Å². The number of hydrogen-bond donors (Lipinski definition) is 2. The van der Waals surface area contributed by atoms with Gasteiger partial charge in [0.1, 0.15) is 10.8 Å². The number of carbonyl (C=O) groups is 2. The van der Waals surface area contributed by atoms with Gasteiger partial charge in [0.05, 0.1) is 28.6 Å². The molecule has 200 valence electrons. The van der Waals surface area contributed by atoms with Gasteiger partial charge < -0.3 is 20.3 Å². The van der Waals surface area contributed by atoms with E-state index in [1.54, 1.807) is 6.20 Å². The highest BCUT2D eigenvalue weighted by molar-refractivity contribution is 7.95.